The number of halogens is 2. The third-order valence-corrected chi connectivity index (χ3v) is 3.55. The third kappa shape index (κ3) is 2.02. The Kier molecular flexibility index (Phi) is 3.10. The van der Waals surface area contributed by atoms with E-state index in [-0.39, 0.29) is 11.6 Å². The van der Waals surface area contributed by atoms with Gasteiger partial charge >= 0.3 is 0 Å². The molecule has 0 aliphatic carbocycles. The number of benzene rings is 1. The number of imidazole rings is 1. The molecule has 1 atom stereocenters. The number of nitrogens with zero attached hydrogens (tertiary/aromatic N) is 2. The fraction of sp³-hybridized carbons (Fsp3) is 0.143. The van der Waals surface area contributed by atoms with E-state index in [4.69, 9.17) is 12.2 Å². The number of H-pyrrole nitrogens is 1. The number of rotatable bonds is 2. The number of aromatic nitrogens is 3. The lowest BCUT2D eigenvalue weighted by Gasteiger charge is -2.14. The molecule has 20 heavy (non-hydrogen) atoms. The van der Waals surface area contributed by atoms with Gasteiger partial charge in [0.25, 0.3) is 0 Å². The summed E-state index contributed by atoms with van der Waals surface area (Å²) in [5.41, 5.74) is 1.37. The number of fused-ring (bicyclic) bond motifs is 1. The number of hydrogen-bond donors (Lipinski definition) is 1. The fourth-order valence-electron chi connectivity index (χ4n) is 2.29. The number of pyridine rings is 1. The summed E-state index contributed by atoms with van der Waals surface area (Å²) >= 11 is 5.22. The van der Waals surface area contributed by atoms with Crippen molar-refractivity contribution < 1.29 is 8.78 Å². The summed E-state index contributed by atoms with van der Waals surface area (Å²) in [6.07, 6.45) is 1.67. The number of nitrogens with one attached hydrogen (secondary N) is 1. The van der Waals surface area contributed by atoms with E-state index < -0.39 is 11.6 Å². The number of hydrogen-bond acceptors (Lipinski definition) is 2. The smallest absolute Gasteiger partial charge is 0.178 e. The van der Waals surface area contributed by atoms with Crippen LogP contribution < -0.4 is 0 Å². The Bertz CT molecular complexity index is 824. The third-order valence-electron chi connectivity index (χ3n) is 3.25. The molecule has 3 rings (SSSR count). The van der Waals surface area contributed by atoms with Gasteiger partial charge in [0.15, 0.2) is 10.6 Å². The Morgan fingerprint density at radius 1 is 1.30 bits per heavy atom. The Balaban J connectivity index is 2.26. The molecule has 1 unspecified atom stereocenters. The minimum Gasteiger partial charge on any atom is -0.328 e. The van der Waals surface area contributed by atoms with Crippen LogP contribution in [0.3, 0.4) is 0 Å². The normalized spacial score (nSPS) is 12.8. The standard InChI is InChI=1S/C14H11F2N3S/c1-8(11-4-2-3-5-17-11)19-12-7-9(15)6-10(16)13(12)18-14(19)20/h2-8H,1H3,(H,18,20). The van der Waals surface area contributed by atoms with Crippen LogP contribution in [0.4, 0.5) is 8.78 Å². The van der Waals surface area contributed by atoms with Gasteiger partial charge in [0, 0.05) is 12.3 Å². The van der Waals surface area contributed by atoms with Gasteiger partial charge in [0.05, 0.1) is 17.3 Å². The van der Waals surface area contributed by atoms with Crippen LogP contribution in [0.2, 0.25) is 0 Å². The van der Waals surface area contributed by atoms with Gasteiger partial charge in [-0.05, 0) is 37.3 Å². The first kappa shape index (κ1) is 12.9. The zero-order chi connectivity index (χ0) is 14.3. The molecule has 6 heteroatoms. The fourth-order valence-corrected chi connectivity index (χ4v) is 2.65. The lowest BCUT2D eigenvalue weighted by Crippen LogP contribution is -2.08. The summed E-state index contributed by atoms with van der Waals surface area (Å²) in [7, 11) is 0. The summed E-state index contributed by atoms with van der Waals surface area (Å²) in [5, 5.41) is 0. The molecule has 0 aliphatic heterocycles. The Labute approximate surface area is 118 Å². The predicted molar refractivity (Wildman–Crippen MR) is 75.1 cm³/mol. The minimum atomic E-state index is -0.655. The molecule has 0 amide bonds. The minimum absolute atomic E-state index is 0.208. The van der Waals surface area contributed by atoms with Gasteiger partial charge < -0.3 is 9.55 Å². The van der Waals surface area contributed by atoms with Gasteiger partial charge in [-0.1, -0.05) is 6.07 Å². The van der Waals surface area contributed by atoms with Crippen molar-refractivity contribution in [2.24, 2.45) is 0 Å². The number of aromatic amines is 1. The van der Waals surface area contributed by atoms with Gasteiger partial charge in [-0.3, -0.25) is 4.98 Å². The molecular formula is C14H11F2N3S. The van der Waals surface area contributed by atoms with Crippen LogP contribution in [0, 0.1) is 16.4 Å². The zero-order valence-electron chi connectivity index (χ0n) is 10.6. The molecule has 1 aromatic carbocycles. The molecule has 0 spiro atoms. The first-order valence-electron chi connectivity index (χ1n) is 6.08. The van der Waals surface area contributed by atoms with Crippen LogP contribution in [0.1, 0.15) is 18.7 Å². The van der Waals surface area contributed by atoms with Gasteiger partial charge in [0.2, 0.25) is 0 Å². The Morgan fingerprint density at radius 2 is 2.10 bits per heavy atom. The van der Waals surface area contributed by atoms with Crippen LogP contribution in [0.5, 0.6) is 0 Å². The molecule has 0 saturated carbocycles. The highest BCUT2D eigenvalue weighted by atomic mass is 32.1. The maximum atomic E-state index is 13.8. The maximum absolute atomic E-state index is 13.8. The lowest BCUT2D eigenvalue weighted by molar-refractivity contribution is 0.587. The molecule has 0 aliphatic rings. The predicted octanol–water partition coefficient (Wildman–Crippen LogP) is 3.98. The van der Waals surface area contributed by atoms with Crippen molar-refractivity contribution in [2.45, 2.75) is 13.0 Å². The van der Waals surface area contributed by atoms with Crippen molar-refractivity contribution >= 4 is 23.3 Å². The molecule has 1 N–H and O–H groups in total. The summed E-state index contributed by atoms with van der Waals surface area (Å²) < 4.78 is 29.2. The average molecular weight is 291 g/mol. The summed E-state index contributed by atoms with van der Waals surface area (Å²) in [6.45, 7) is 1.88. The van der Waals surface area contributed by atoms with Crippen LogP contribution in [-0.2, 0) is 0 Å². The molecule has 2 heterocycles. The second-order valence-electron chi connectivity index (χ2n) is 4.51. The van der Waals surface area contributed by atoms with Gasteiger partial charge in [-0.15, -0.1) is 0 Å². The molecule has 0 radical (unpaired) electrons. The van der Waals surface area contributed by atoms with E-state index in [0.717, 1.165) is 11.8 Å². The molecular weight excluding hydrogens is 280 g/mol. The first-order chi connectivity index (χ1) is 9.58. The van der Waals surface area contributed by atoms with Crippen LogP contribution in [-0.4, -0.2) is 14.5 Å². The summed E-state index contributed by atoms with van der Waals surface area (Å²) in [4.78, 5) is 7.04. The van der Waals surface area contributed by atoms with E-state index in [1.807, 2.05) is 25.1 Å². The molecule has 0 saturated heterocycles. The SMILES string of the molecule is CC(c1ccccn1)n1c(=S)[nH]c2c(F)cc(F)cc21. The molecule has 102 valence electrons. The monoisotopic (exact) mass is 291 g/mol. The highest BCUT2D eigenvalue weighted by Crippen LogP contribution is 2.25. The van der Waals surface area contributed by atoms with Gasteiger partial charge in [-0.25, -0.2) is 8.78 Å². The van der Waals surface area contributed by atoms with E-state index in [1.165, 1.54) is 6.07 Å². The second-order valence-corrected chi connectivity index (χ2v) is 4.90. The van der Waals surface area contributed by atoms with Crippen molar-refractivity contribution in [1.82, 2.24) is 14.5 Å². The molecule has 0 bridgehead atoms. The van der Waals surface area contributed by atoms with E-state index in [2.05, 4.69) is 9.97 Å². The van der Waals surface area contributed by atoms with Crippen molar-refractivity contribution in [3.8, 4) is 0 Å². The molecule has 3 nitrogen and oxygen atoms in total. The Hall–Kier alpha value is -2.08. The Morgan fingerprint density at radius 3 is 2.80 bits per heavy atom. The van der Waals surface area contributed by atoms with Crippen LogP contribution >= 0.6 is 12.2 Å². The highest BCUT2D eigenvalue weighted by Gasteiger charge is 2.16. The van der Waals surface area contributed by atoms with Crippen molar-refractivity contribution in [1.29, 1.82) is 0 Å². The summed E-state index contributed by atoms with van der Waals surface area (Å²) in [5.74, 6) is -1.29. The largest absolute Gasteiger partial charge is 0.328 e. The zero-order valence-corrected chi connectivity index (χ0v) is 11.4. The van der Waals surface area contributed by atoms with Gasteiger partial charge in [0.1, 0.15) is 11.3 Å². The maximum Gasteiger partial charge on any atom is 0.178 e. The van der Waals surface area contributed by atoms with Gasteiger partial charge in [-0.2, -0.15) is 0 Å². The molecule has 2 aromatic heterocycles. The van der Waals surface area contributed by atoms with E-state index in [1.54, 1.807) is 10.8 Å². The van der Waals surface area contributed by atoms with Crippen molar-refractivity contribution in [3.05, 3.63) is 58.6 Å². The quantitative estimate of drug-likeness (QED) is 0.724. The van der Waals surface area contributed by atoms with E-state index in [9.17, 15) is 8.78 Å². The van der Waals surface area contributed by atoms with Crippen molar-refractivity contribution in [3.63, 3.8) is 0 Å². The lowest BCUT2D eigenvalue weighted by atomic mass is 10.2. The van der Waals surface area contributed by atoms with Crippen LogP contribution in [0.15, 0.2) is 36.5 Å². The topological polar surface area (TPSA) is 33.6 Å². The first-order valence-corrected chi connectivity index (χ1v) is 6.49. The van der Waals surface area contributed by atoms with Crippen molar-refractivity contribution in [2.75, 3.05) is 0 Å². The average Bonchev–Trinajstić information content (AvgIpc) is 2.76. The van der Waals surface area contributed by atoms with E-state index in [0.29, 0.717) is 10.3 Å². The van der Waals surface area contributed by atoms with Crippen LogP contribution in [0.25, 0.3) is 11.0 Å². The van der Waals surface area contributed by atoms with E-state index >= 15 is 0 Å². The summed E-state index contributed by atoms with van der Waals surface area (Å²) in [6, 6.07) is 7.40. The second kappa shape index (κ2) is 4.79. The highest BCUT2D eigenvalue weighted by molar-refractivity contribution is 7.71. The molecule has 0 fully saturated rings. The molecule has 3 aromatic rings.